The molecule has 0 bridgehead atoms. The fraction of sp³-hybridized carbons (Fsp3) is 0.556. The van der Waals surface area contributed by atoms with Crippen molar-refractivity contribution >= 4 is 61.0 Å². The second-order valence-electron chi connectivity index (χ2n) is 13.6. The Morgan fingerprint density at radius 1 is 0.780 bits per heavy atom. The van der Waals surface area contributed by atoms with Gasteiger partial charge in [-0.05, 0) is 72.9 Å². The quantitative estimate of drug-likeness (QED) is 0.0880. The normalized spacial score (nSPS) is 29.9. The number of aliphatic hydroxyl groups excluding tert-OH is 2. The van der Waals surface area contributed by atoms with Crippen molar-refractivity contribution in [1.29, 1.82) is 0 Å². The van der Waals surface area contributed by atoms with E-state index in [0.717, 1.165) is 44.9 Å². The summed E-state index contributed by atoms with van der Waals surface area (Å²) >= 11 is 0. The molecular formula is C36H50B2O8P4. The molecule has 268 valence electrons. The summed E-state index contributed by atoms with van der Waals surface area (Å²) in [6, 6.07) is 20.4. The maximum absolute atomic E-state index is 11.6. The van der Waals surface area contributed by atoms with Gasteiger partial charge in [-0.25, -0.2) is 0 Å². The molecule has 2 aromatic carbocycles. The highest BCUT2D eigenvalue weighted by Crippen LogP contribution is 2.47. The first kappa shape index (κ1) is 40.0. The lowest BCUT2D eigenvalue weighted by Crippen LogP contribution is -2.23. The molecule has 2 saturated heterocycles. The van der Waals surface area contributed by atoms with E-state index in [2.05, 4.69) is 42.5 Å². The van der Waals surface area contributed by atoms with E-state index in [1.807, 2.05) is 62.0 Å². The number of carbonyl (C=O) groups excluding carboxylic acids is 2. The van der Waals surface area contributed by atoms with Gasteiger partial charge in [0.1, 0.15) is 12.2 Å². The number of hydrogen-bond donors (Lipinski definition) is 2. The Morgan fingerprint density at radius 2 is 1.32 bits per heavy atom. The van der Waals surface area contributed by atoms with Crippen LogP contribution >= 0.6 is 35.6 Å². The van der Waals surface area contributed by atoms with E-state index in [1.165, 1.54) is 11.1 Å². The van der Waals surface area contributed by atoms with Crippen LogP contribution in [0.5, 0.6) is 0 Å². The summed E-state index contributed by atoms with van der Waals surface area (Å²) in [4.78, 5) is 23.2. The van der Waals surface area contributed by atoms with Gasteiger partial charge in [0.05, 0.1) is 37.3 Å². The SMILES string of the molecule is O=C1C[C@@H]2[C@@H](/C=C/[C@@H](O)CCc3ccccc3)[C@H](OP[B]P)C[C@@H]2O1.O=C1C[C@@H]2[C@@H](CC[C@@H](O)CCc3ccccc3)[C@H](OP[B]P)C[C@@H]2O1. The first-order valence-corrected chi connectivity index (χ1v) is 21.1. The van der Waals surface area contributed by atoms with Gasteiger partial charge in [0.15, 0.2) is 0 Å². The first-order valence-electron chi connectivity index (χ1n) is 17.7. The van der Waals surface area contributed by atoms with Crippen molar-refractivity contribution in [2.45, 2.75) is 101 Å². The van der Waals surface area contributed by atoms with Gasteiger partial charge in [-0.3, -0.25) is 9.59 Å². The third-order valence-corrected chi connectivity index (χ3v) is 12.3. The molecule has 2 radical (unpaired) electrons. The average Bonchev–Trinajstić information content (AvgIpc) is 3.85. The summed E-state index contributed by atoms with van der Waals surface area (Å²) < 4.78 is 22.8. The standard InChI is InChI=1S/C18H26BO4P2.C18H24BO4P2/c2*20-13(7-6-12-4-2-1-3-5-12)8-9-14-15-10-18(21)22-16(15)11-17(14)23-25-19-24/h1-5,13-17,20,25H,6-11,24H2;1-5,8-9,13-17,20,25H,6-7,10-11,24H2/b;9-8+/t2*13-,14+,15+,16-,17+/m00/s1. The molecule has 4 aliphatic rings. The van der Waals surface area contributed by atoms with Gasteiger partial charge in [0.2, 0.25) is 13.4 Å². The van der Waals surface area contributed by atoms with Crippen molar-refractivity contribution in [2.75, 3.05) is 0 Å². The number of hydrogen-bond acceptors (Lipinski definition) is 8. The third-order valence-electron chi connectivity index (χ3n) is 10.4. The molecule has 4 fully saturated rings. The zero-order valence-electron chi connectivity index (χ0n) is 28.4. The lowest BCUT2D eigenvalue weighted by Gasteiger charge is -2.24. The fourth-order valence-electron chi connectivity index (χ4n) is 7.86. The zero-order chi connectivity index (χ0) is 35.3. The summed E-state index contributed by atoms with van der Waals surface area (Å²) in [5.74, 6) is 0.665. The highest BCUT2D eigenvalue weighted by molar-refractivity contribution is 7.93. The molecule has 6 rings (SSSR count). The molecule has 2 N–H and O–H groups in total. The molecular weight excluding hydrogens is 706 g/mol. The molecule has 2 saturated carbocycles. The maximum atomic E-state index is 11.6. The number of esters is 2. The van der Waals surface area contributed by atoms with E-state index in [9.17, 15) is 19.8 Å². The number of aliphatic hydroxyl groups is 2. The van der Waals surface area contributed by atoms with Gasteiger partial charge >= 0.3 is 11.9 Å². The molecule has 2 aliphatic heterocycles. The van der Waals surface area contributed by atoms with Crippen molar-refractivity contribution in [3.63, 3.8) is 0 Å². The Kier molecular flexibility index (Phi) is 16.7. The molecule has 0 spiro atoms. The van der Waals surface area contributed by atoms with E-state index < -0.39 is 6.10 Å². The molecule has 14 atom stereocenters. The van der Waals surface area contributed by atoms with E-state index >= 15 is 0 Å². The number of benzene rings is 2. The molecule has 2 heterocycles. The van der Waals surface area contributed by atoms with Crippen LogP contribution in [-0.4, -0.2) is 72.2 Å². The van der Waals surface area contributed by atoms with Crippen LogP contribution in [0.4, 0.5) is 0 Å². The van der Waals surface area contributed by atoms with Crippen molar-refractivity contribution < 1.29 is 38.3 Å². The number of ether oxygens (including phenoxy) is 2. The van der Waals surface area contributed by atoms with Crippen LogP contribution < -0.4 is 0 Å². The van der Waals surface area contributed by atoms with Gasteiger partial charge < -0.3 is 28.7 Å². The predicted molar refractivity (Wildman–Crippen MR) is 209 cm³/mol. The second kappa shape index (κ2) is 20.9. The zero-order valence-corrected chi connectivity index (χ0v) is 32.7. The lowest BCUT2D eigenvalue weighted by molar-refractivity contribution is -0.142. The topological polar surface area (TPSA) is 112 Å². The summed E-state index contributed by atoms with van der Waals surface area (Å²) in [6.07, 6.45) is 10.6. The molecule has 50 heavy (non-hydrogen) atoms. The highest BCUT2D eigenvalue weighted by Gasteiger charge is 2.51. The molecule has 8 nitrogen and oxygen atoms in total. The maximum Gasteiger partial charge on any atom is 0.306 e. The lowest BCUT2D eigenvalue weighted by atomic mass is 9.87. The number of rotatable bonds is 17. The van der Waals surface area contributed by atoms with Crippen LogP contribution in [0, 0.1) is 23.7 Å². The minimum absolute atomic E-state index is 0.0123. The van der Waals surface area contributed by atoms with E-state index in [4.69, 9.17) is 18.5 Å². The van der Waals surface area contributed by atoms with Crippen LogP contribution in [0.3, 0.4) is 0 Å². The summed E-state index contributed by atoms with van der Waals surface area (Å²) in [7, 11) is 5.79. The molecule has 0 amide bonds. The first-order chi connectivity index (χ1) is 24.3. The monoisotopic (exact) mass is 756 g/mol. The van der Waals surface area contributed by atoms with Gasteiger partial charge in [-0.1, -0.05) is 72.8 Å². The Bertz CT molecular complexity index is 1360. The number of aryl methyl sites for hydroxylation is 2. The Balaban J connectivity index is 0.000000194. The second-order valence-corrected chi connectivity index (χ2v) is 17.2. The number of fused-ring (bicyclic) bond motifs is 2. The van der Waals surface area contributed by atoms with Crippen LogP contribution in [-0.2, 0) is 41.0 Å². The largest absolute Gasteiger partial charge is 0.462 e. The van der Waals surface area contributed by atoms with Crippen LogP contribution in [0.25, 0.3) is 0 Å². The van der Waals surface area contributed by atoms with Crippen LogP contribution in [0.15, 0.2) is 72.8 Å². The van der Waals surface area contributed by atoms with Crippen LogP contribution in [0.2, 0.25) is 0 Å². The predicted octanol–water partition coefficient (Wildman–Crippen LogP) is 5.98. The molecule has 0 aromatic heterocycles. The minimum atomic E-state index is -0.492. The van der Waals surface area contributed by atoms with Crippen molar-refractivity contribution in [1.82, 2.24) is 0 Å². The summed E-state index contributed by atoms with van der Waals surface area (Å²) in [5.41, 5.74) is 2.49. The molecule has 2 aromatic rings. The van der Waals surface area contributed by atoms with E-state index in [0.29, 0.717) is 42.6 Å². The van der Waals surface area contributed by atoms with Crippen molar-refractivity contribution in [3.05, 3.63) is 83.9 Å². The number of carbonyl (C=O) groups is 2. The molecule has 4 unspecified atom stereocenters. The molecule has 14 heteroatoms. The van der Waals surface area contributed by atoms with Gasteiger partial charge in [0.25, 0.3) is 0 Å². The minimum Gasteiger partial charge on any atom is -0.462 e. The van der Waals surface area contributed by atoms with Crippen LogP contribution in [0.1, 0.15) is 62.5 Å². The third kappa shape index (κ3) is 11.9. The highest BCUT2D eigenvalue weighted by atomic mass is 31.1. The summed E-state index contributed by atoms with van der Waals surface area (Å²) in [6.45, 7) is 3.88. The van der Waals surface area contributed by atoms with E-state index in [1.54, 1.807) is 0 Å². The van der Waals surface area contributed by atoms with Gasteiger partial charge in [0, 0.05) is 30.6 Å². The summed E-state index contributed by atoms with van der Waals surface area (Å²) in [5, 5.41) is 20.7. The smallest absolute Gasteiger partial charge is 0.306 e. The molecule has 2 aliphatic carbocycles. The van der Waals surface area contributed by atoms with Gasteiger partial charge in [-0.2, -0.15) is 18.2 Å². The van der Waals surface area contributed by atoms with Crippen molar-refractivity contribution in [3.8, 4) is 0 Å². The van der Waals surface area contributed by atoms with Gasteiger partial charge in [-0.15, -0.1) is 0 Å². The average molecular weight is 756 g/mol. The Hall–Kier alpha value is -1.19. The van der Waals surface area contributed by atoms with E-state index in [-0.39, 0.29) is 60.2 Å². The van der Waals surface area contributed by atoms with Crippen molar-refractivity contribution in [2.24, 2.45) is 23.7 Å². The Morgan fingerprint density at radius 3 is 1.94 bits per heavy atom. The fourth-order valence-corrected chi connectivity index (χ4v) is 9.36. The Labute approximate surface area is 306 Å².